The minimum absolute atomic E-state index is 0.185. The van der Waals surface area contributed by atoms with Gasteiger partial charge in [0.15, 0.2) is 0 Å². The van der Waals surface area contributed by atoms with Gasteiger partial charge in [0.2, 0.25) is 0 Å². The zero-order valence-corrected chi connectivity index (χ0v) is 15.9. The maximum absolute atomic E-state index is 5.67. The molecule has 0 spiro atoms. The summed E-state index contributed by atoms with van der Waals surface area (Å²) in [5.41, 5.74) is 1.20. The third-order valence-electron chi connectivity index (χ3n) is 2.54. The average Bonchev–Trinajstić information content (AvgIpc) is 2.76. The molecule has 102 valence electrons. The Balaban J connectivity index is 2.20. The first-order chi connectivity index (χ1) is 9.11. The highest BCUT2D eigenvalue weighted by molar-refractivity contribution is 9.13. The highest BCUT2D eigenvalue weighted by Crippen LogP contribution is 2.41. The van der Waals surface area contributed by atoms with Crippen molar-refractivity contribution >= 4 is 59.1 Å². The Hall–Kier alpha value is 0.160. The molecule has 0 fully saturated rings. The number of ether oxygens (including phenoxy) is 1. The maximum Gasteiger partial charge on any atom is 0.119 e. The Morgan fingerprint density at radius 1 is 1.26 bits per heavy atom. The first kappa shape index (κ1) is 15.5. The molecule has 0 saturated heterocycles. The molecule has 1 aromatic carbocycles. The van der Waals surface area contributed by atoms with Crippen molar-refractivity contribution in [2.24, 2.45) is 0 Å². The number of rotatable bonds is 5. The molecule has 1 heterocycles. The first-order valence-electron chi connectivity index (χ1n) is 5.93. The Morgan fingerprint density at radius 2 is 2.05 bits per heavy atom. The summed E-state index contributed by atoms with van der Waals surface area (Å²) in [5.74, 6) is 0.929. The van der Waals surface area contributed by atoms with E-state index in [1.54, 1.807) is 11.3 Å². The van der Waals surface area contributed by atoms with Crippen LogP contribution in [0.15, 0.2) is 38.6 Å². The summed E-state index contributed by atoms with van der Waals surface area (Å²) >= 11 is 12.5. The van der Waals surface area contributed by atoms with Crippen LogP contribution in [-0.2, 0) is 0 Å². The molecular formula is C14H13Br3OS. The van der Waals surface area contributed by atoms with Crippen LogP contribution in [-0.4, -0.2) is 6.61 Å². The smallest absolute Gasteiger partial charge is 0.119 e. The van der Waals surface area contributed by atoms with Gasteiger partial charge < -0.3 is 4.74 Å². The van der Waals surface area contributed by atoms with Crippen molar-refractivity contribution in [3.63, 3.8) is 0 Å². The Kier molecular flexibility index (Phi) is 5.93. The topological polar surface area (TPSA) is 9.23 Å². The molecule has 1 atom stereocenters. The van der Waals surface area contributed by atoms with Crippen LogP contribution in [0, 0.1) is 0 Å². The zero-order valence-electron chi connectivity index (χ0n) is 10.3. The van der Waals surface area contributed by atoms with E-state index in [0.717, 1.165) is 27.0 Å². The fourth-order valence-electron chi connectivity index (χ4n) is 1.63. The fourth-order valence-corrected chi connectivity index (χ4v) is 4.43. The zero-order chi connectivity index (χ0) is 13.8. The van der Waals surface area contributed by atoms with Gasteiger partial charge in [0.05, 0.1) is 15.2 Å². The molecule has 0 radical (unpaired) electrons. The maximum atomic E-state index is 5.67. The molecule has 0 aliphatic heterocycles. The lowest BCUT2D eigenvalue weighted by Gasteiger charge is -2.10. The summed E-state index contributed by atoms with van der Waals surface area (Å²) in [4.78, 5) is 1.44. The van der Waals surface area contributed by atoms with E-state index in [1.807, 2.05) is 12.1 Å². The first-order valence-corrected chi connectivity index (χ1v) is 9.25. The third kappa shape index (κ3) is 4.06. The van der Waals surface area contributed by atoms with Gasteiger partial charge in [-0.15, -0.1) is 11.3 Å². The van der Waals surface area contributed by atoms with Gasteiger partial charge in [-0.25, -0.2) is 0 Å². The second-order valence-corrected chi connectivity index (χ2v) is 8.23. The number of thiophene rings is 1. The SMILES string of the molecule is CCCOc1cccc(C(Br)c2cc(Br)c(Br)s2)c1. The van der Waals surface area contributed by atoms with Crippen LogP contribution in [0.3, 0.4) is 0 Å². The number of benzene rings is 1. The van der Waals surface area contributed by atoms with E-state index >= 15 is 0 Å². The minimum atomic E-state index is 0.185. The summed E-state index contributed by atoms with van der Waals surface area (Å²) in [5, 5.41) is 0. The van der Waals surface area contributed by atoms with Crippen molar-refractivity contribution in [3.8, 4) is 5.75 Å². The van der Waals surface area contributed by atoms with Crippen LogP contribution < -0.4 is 4.74 Å². The average molecular weight is 469 g/mol. The largest absolute Gasteiger partial charge is 0.494 e. The van der Waals surface area contributed by atoms with Crippen molar-refractivity contribution in [1.82, 2.24) is 0 Å². The van der Waals surface area contributed by atoms with E-state index in [9.17, 15) is 0 Å². The van der Waals surface area contributed by atoms with Crippen molar-refractivity contribution in [3.05, 3.63) is 49.0 Å². The van der Waals surface area contributed by atoms with Gasteiger partial charge >= 0.3 is 0 Å². The third-order valence-corrected chi connectivity index (χ3v) is 7.18. The Labute approximate surface area is 142 Å². The monoisotopic (exact) mass is 466 g/mol. The van der Waals surface area contributed by atoms with Crippen LogP contribution in [0.4, 0.5) is 0 Å². The van der Waals surface area contributed by atoms with Crippen molar-refractivity contribution in [2.75, 3.05) is 6.61 Å². The predicted molar refractivity (Wildman–Crippen MR) is 92.7 cm³/mol. The van der Waals surface area contributed by atoms with Crippen LogP contribution in [0.2, 0.25) is 0 Å². The second kappa shape index (κ2) is 7.25. The minimum Gasteiger partial charge on any atom is -0.494 e. The highest BCUT2D eigenvalue weighted by atomic mass is 79.9. The molecule has 0 aliphatic rings. The molecule has 2 rings (SSSR count). The molecule has 2 aromatic rings. The van der Waals surface area contributed by atoms with Crippen molar-refractivity contribution in [2.45, 2.75) is 18.2 Å². The van der Waals surface area contributed by atoms with Gasteiger partial charge in [-0.1, -0.05) is 35.0 Å². The normalized spacial score (nSPS) is 12.4. The fraction of sp³-hybridized carbons (Fsp3) is 0.286. The van der Waals surface area contributed by atoms with Gasteiger partial charge in [0, 0.05) is 9.35 Å². The van der Waals surface area contributed by atoms with Gasteiger partial charge in [-0.2, -0.15) is 0 Å². The summed E-state index contributed by atoms with van der Waals surface area (Å²) in [6.07, 6.45) is 1.02. The molecule has 1 unspecified atom stereocenters. The van der Waals surface area contributed by atoms with E-state index in [-0.39, 0.29) is 4.83 Å². The molecule has 1 aromatic heterocycles. The molecule has 19 heavy (non-hydrogen) atoms. The second-order valence-electron chi connectivity index (χ2n) is 4.05. The van der Waals surface area contributed by atoms with Gasteiger partial charge in [-0.05, 0) is 62.0 Å². The summed E-state index contributed by atoms with van der Waals surface area (Å²) in [7, 11) is 0. The van der Waals surface area contributed by atoms with E-state index in [0.29, 0.717) is 0 Å². The Bertz CT molecular complexity index is 534. The number of hydrogen-bond donors (Lipinski definition) is 0. The summed E-state index contributed by atoms with van der Waals surface area (Å²) < 4.78 is 7.88. The summed E-state index contributed by atoms with van der Waals surface area (Å²) in [6, 6.07) is 10.4. The Morgan fingerprint density at radius 3 is 2.68 bits per heavy atom. The van der Waals surface area contributed by atoms with Crippen molar-refractivity contribution in [1.29, 1.82) is 0 Å². The quantitative estimate of drug-likeness (QED) is 0.452. The van der Waals surface area contributed by atoms with Crippen LogP contribution in [0.1, 0.15) is 28.6 Å². The highest BCUT2D eigenvalue weighted by Gasteiger charge is 2.15. The molecule has 0 N–H and O–H groups in total. The lowest BCUT2D eigenvalue weighted by Crippen LogP contribution is -1.96. The lowest BCUT2D eigenvalue weighted by molar-refractivity contribution is 0.317. The number of alkyl halides is 1. The van der Waals surface area contributed by atoms with E-state index in [1.165, 1.54) is 10.4 Å². The molecule has 0 amide bonds. The van der Waals surface area contributed by atoms with Gasteiger partial charge in [-0.3, -0.25) is 0 Å². The predicted octanol–water partition coefficient (Wildman–Crippen LogP) is 6.55. The number of halogens is 3. The molecule has 0 saturated carbocycles. The van der Waals surface area contributed by atoms with Crippen LogP contribution in [0.5, 0.6) is 5.75 Å². The van der Waals surface area contributed by atoms with E-state index in [2.05, 4.69) is 72.9 Å². The molecule has 0 aliphatic carbocycles. The van der Waals surface area contributed by atoms with Gasteiger partial charge in [0.1, 0.15) is 5.75 Å². The molecular weight excluding hydrogens is 456 g/mol. The number of hydrogen-bond acceptors (Lipinski definition) is 2. The van der Waals surface area contributed by atoms with Crippen molar-refractivity contribution < 1.29 is 4.74 Å². The molecule has 1 nitrogen and oxygen atoms in total. The summed E-state index contributed by atoms with van der Waals surface area (Å²) in [6.45, 7) is 2.87. The molecule has 5 heteroatoms. The van der Waals surface area contributed by atoms with Crippen LogP contribution >= 0.6 is 59.1 Å². The van der Waals surface area contributed by atoms with E-state index < -0.39 is 0 Å². The molecule has 0 bridgehead atoms. The lowest BCUT2D eigenvalue weighted by atomic mass is 10.1. The van der Waals surface area contributed by atoms with Crippen LogP contribution in [0.25, 0.3) is 0 Å². The van der Waals surface area contributed by atoms with Gasteiger partial charge in [0.25, 0.3) is 0 Å². The van der Waals surface area contributed by atoms with E-state index in [4.69, 9.17) is 4.74 Å². The standard InChI is InChI=1S/C14H13Br3OS/c1-2-6-18-10-5-3-4-9(7-10)13(16)12-8-11(15)14(17)19-12/h3-5,7-8,13H,2,6H2,1H3.